The van der Waals surface area contributed by atoms with Crippen LogP contribution < -0.4 is 5.32 Å². The van der Waals surface area contributed by atoms with Crippen LogP contribution in [0.1, 0.15) is 13.3 Å². The topological polar surface area (TPSA) is 82.5 Å². The van der Waals surface area contributed by atoms with Gasteiger partial charge in [0.1, 0.15) is 6.29 Å². The molecule has 6 nitrogen and oxygen atoms in total. The van der Waals surface area contributed by atoms with Crippen LogP contribution in [0.5, 0.6) is 0 Å². The SMILES string of the molecule is CC(C=O)CC(CNc1ccc2ccncc2c1)N(C)C(=O)O. The molecule has 1 aromatic heterocycles. The molecule has 0 spiro atoms. The number of benzene rings is 1. The van der Waals surface area contributed by atoms with Crippen molar-refractivity contribution in [3.63, 3.8) is 0 Å². The Hall–Kier alpha value is -2.63. The number of amides is 1. The molecule has 2 atom stereocenters. The number of aldehydes is 1. The Bertz CT molecular complexity index is 690. The van der Waals surface area contributed by atoms with Gasteiger partial charge in [0.15, 0.2) is 0 Å². The van der Waals surface area contributed by atoms with Gasteiger partial charge in [-0.2, -0.15) is 0 Å². The molecular weight excluding hydrogens is 294 g/mol. The predicted octanol–water partition coefficient (Wildman–Crippen LogP) is 2.85. The average molecular weight is 315 g/mol. The third-order valence-corrected chi connectivity index (χ3v) is 3.91. The number of nitrogens with zero attached hydrogens (tertiary/aromatic N) is 2. The van der Waals surface area contributed by atoms with Crippen LogP contribution in [-0.2, 0) is 4.79 Å². The van der Waals surface area contributed by atoms with Gasteiger partial charge < -0.3 is 20.1 Å². The van der Waals surface area contributed by atoms with Crippen LogP contribution in [0.3, 0.4) is 0 Å². The van der Waals surface area contributed by atoms with Gasteiger partial charge in [0.05, 0.1) is 6.04 Å². The van der Waals surface area contributed by atoms with E-state index in [4.69, 9.17) is 0 Å². The fourth-order valence-electron chi connectivity index (χ4n) is 2.45. The first-order chi connectivity index (χ1) is 11.0. The van der Waals surface area contributed by atoms with E-state index >= 15 is 0 Å². The minimum Gasteiger partial charge on any atom is -0.465 e. The van der Waals surface area contributed by atoms with Crippen LogP contribution in [0.2, 0.25) is 0 Å². The van der Waals surface area contributed by atoms with Crippen LogP contribution in [0, 0.1) is 5.92 Å². The minimum absolute atomic E-state index is 0.190. The van der Waals surface area contributed by atoms with E-state index in [0.29, 0.717) is 13.0 Å². The first-order valence-corrected chi connectivity index (χ1v) is 7.50. The number of anilines is 1. The molecule has 2 N–H and O–H groups in total. The zero-order chi connectivity index (χ0) is 16.8. The van der Waals surface area contributed by atoms with E-state index < -0.39 is 6.09 Å². The van der Waals surface area contributed by atoms with Gasteiger partial charge in [-0.05, 0) is 30.0 Å². The fourth-order valence-corrected chi connectivity index (χ4v) is 2.45. The highest BCUT2D eigenvalue weighted by molar-refractivity contribution is 5.84. The van der Waals surface area contributed by atoms with Crippen molar-refractivity contribution in [2.75, 3.05) is 18.9 Å². The van der Waals surface area contributed by atoms with Crippen molar-refractivity contribution in [3.05, 3.63) is 36.7 Å². The summed E-state index contributed by atoms with van der Waals surface area (Å²) in [4.78, 5) is 27.4. The molecule has 6 heteroatoms. The third kappa shape index (κ3) is 4.42. The van der Waals surface area contributed by atoms with Gasteiger partial charge in [-0.3, -0.25) is 4.98 Å². The van der Waals surface area contributed by atoms with E-state index in [-0.39, 0.29) is 12.0 Å². The second-order valence-electron chi connectivity index (χ2n) is 5.71. The largest absolute Gasteiger partial charge is 0.465 e. The lowest BCUT2D eigenvalue weighted by molar-refractivity contribution is -0.111. The standard InChI is InChI=1S/C17H21N3O3/c1-12(11-21)7-16(20(2)17(22)23)10-19-15-4-3-13-5-6-18-9-14(13)8-15/h3-6,8-9,11-12,16,19H,7,10H2,1-2H3,(H,22,23). The second-order valence-corrected chi connectivity index (χ2v) is 5.71. The Balaban J connectivity index is 2.08. The monoisotopic (exact) mass is 315 g/mol. The molecule has 0 aliphatic heterocycles. The number of hydrogen-bond acceptors (Lipinski definition) is 4. The summed E-state index contributed by atoms with van der Waals surface area (Å²) >= 11 is 0. The van der Waals surface area contributed by atoms with Gasteiger partial charge in [-0.15, -0.1) is 0 Å². The molecule has 0 bridgehead atoms. The maximum absolute atomic E-state index is 11.2. The smallest absolute Gasteiger partial charge is 0.407 e. The van der Waals surface area contributed by atoms with E-state index in [0.717, 1.165) is 22.7 Å². The number of carboxylic acid groups (broad SMARTS) is 1. The van der Waals surface area contributed by atoms with Crippen LogP contribution in [0.15, 0.2) is 36.7 Å². The summed E-state index contributed by atoms with van der Waals surface area (Å²) in [6.07, 6.45) is 3.86. The van der Waals surface area contributed by atoms with Crippen molar-refractivity contribution < 1.29 is 14.7 Å². The second kappa shape index (κ2) is 7.58. The van der Waals surface area contributed by atoms with Crippen molar-refractivity contribution in [2.45, 2.75) is 19.4 Å². The number of pyridine rings is 1. The first kappa shape index (κ1) is 16.7. The highest BCUT2D eigenvalue weighted by Gasteiger charge is 2.21. The minimum atomic E-state index is -1.00. The normalized spacial score (nSPS) is 13.3. The van der Waals surface area contributed by atoms with Gasteiger partial charge in [0.25, 0.3) is 0 Å². The molecule has 122 valence electrons. The van der Waals surface area contributed by atoms with Gasteiger partial charge in [0, 0.05) is 43.0 Å². The van der Waals surface area contributed by atoms with Crippen molar-refractivity contribution in [2.24, 2.45) is 5.92 Å². The lowest BCUT2D eigenvalue weighted by Gasteiger charge is -2.27. The molecule has 1 amide bonds. The maximum atomic E-state index is 11.2. The number of nitrogens with one attached hydrogen (secondary N) is 1. The van der Waals surface area contributed by atoms with Crippen LogP contribution in [0.25, 0.3) is 10.8 Å². The molecule has 2 aromatic rings. The first-order valence-electron chi connectivity index (χ1n) is 7.50. The van der Waals surface area contributed by atoms with E-state index in [1.54, 1.807) is 19.3 Å². The number of fused-ring (bicyclic) bond motifs is 1. The van der Waals surface area contributed by atoms with Gasteiger partial charge >= 0.3 is 6.09 Å². The van der Waals surface area contributed by atoms with Crippen molar-refractivity contribution in [3.8, 4) is 0 Å². The number of carbonyl (C=O) groups is 2. The number of likely N-dealkylation sites (N-methyl/N-ethyl adjacent to an activating group) is 1. The van der Waals surface area contributed by atoms with E-state index in [1.807, 2.05) is 24.3 Å². The zero-order valence-electron chi connectivity index (χ0n) is 13.3. The maximum Gasteiger partial charge on any atom is 0.407 e. The molecule has 0 fully saturated rings. The summed E-state index contributed by atoms with van der Waals surface area (Å²) in [5.41, 5.74) is 0.896. The Kier molecular flexibility index (Phi) is 5.51. The Morgan fingerprint density at radius 3 is 2.87 bits per heavy atom. The molecule has 0 aliphatic carbocycles. The fraction of sp³-hybridized carbons (Fsp3) is 0.353. The molecule has 0 radical (unpaired) electrons. The number of aromatic nitrogens is 1. The molecule has 0 saturated carbocycles. The molecule has 1 heterocycles. The Labute approximate surface area is 135 Å². The highest BCUT2D eigenvalue weighted by atomic mass is 16.4. The molecule has 0 aliphatic rings. The van der Waals surface area contributed by atoms with E-state index in [2.05, 4.69) is 10.3 Å². The van der Waals surface area contributed by atoms with E-state index in [9.17, 15) is 14.7 Å². The summed E-state index contributed by atoms with van der Waals surface area (Å²) in [5.74, 6) is -0.190. The summed E-state index contributed by atoms with van der Waals surface area (Å²) in [7, 11) is 1.52. The quantitative estimate of drug-likeness (QED) is 0.768. The number of carbonyl (C=O) groups excluding carboxylic acids is 1. The average Bonchev–Trinajstić information content (AvgIpc) is 2.57. The van der Waals surface area contributed by atoms with E-state index in [1.165, 1.54) is 11.9 Å². The zero-order valence-corrected chi connectivity index (χ0v) is 13.3. The van der Waals surface area contributed by atoms with Gasteiger partial charge in [-0.1, -0.05) is 13.0 Å². The molecule has 2 unspecified atom stereocenters. The van der Waals surface area contributed by atoms with Gasteiger partial charge in [0.2, 0.25) is 0 Å². The van der Waals surface area contributed by atoms with Crippen LogP contribution >= 0.6 is 0 Å². The summed E-state index contributed by atoms with van der Waals surface area (Å²) < 4.78 is 0. The lowest BCUT2D eigenvalue weighted by atomic mass is 10.0. The summed E-state index contributed by atoms with van der Waals surface area (Å²) in [6, 6.07) is 7.57. The van der Waals surface area contributed by atoms with Crippen molar-refractivity contribution in [1.82, 2.24) is 9.88 Å². The number of rotatable bonds is 7. The highest BCUT2D eigenvalue weighted by Crippen LogP contribution is 2.19. The molecular formula is C17H21N3O3. The third-order valence-electron chi connectivity index (χ3n) is 3.91. The van der Waals surface area contributed by atoms with Crippen molar-refractivity contribution in [1.29, 1.82) is 0 Å². The Morgan fingerprint density at radius 2 is 2.17 bits per heavy atom. The lowest BCUT2D eigenvalue weighted by Crippen LogP contribution is -2.41. The molecule has 1 aromatic carbocycles. The summed E-state index contributed by atoms with van der Waals surface area (Å²) in [5, 5.41) is 14.5. The van der Waals surface area contributed by atoms with Crippen LogP contribution in [0.4, 0.5) is 10.5 Å². The number of hydrogen-bond donors (Lipinski definition) is 2. The summed E-state index contributed by atoms with van der Waals surface area (Å²) in [6.45, 7) is 2.23. The Morgan fingerprint density at radius 1 is 1.39 bits per heavy atom. The molecule has 23 heavy (non-hydrogen) atoms. The predicted molar refractivity (Wildman–Crippen MR) is 89.7 cm³/mol. The van der Waals surface area contributed by atoms with Crippen molar-refractivity contribution >= 4 is 28.8 Å². The molecule has 0 saturated heterocycles. The van der Waals surface area contributed by atoms with Gasteiger partial charge in [-0.25, -0.2) is 4.79 Å². The van der Waals surface area contributed by atoms with Crippen LogP contribution in [-0.4, -0.2) is 47.0 Å². The molecule has 2 rings (SSSR count).